The van der Waals surface area contributed by atoms with E-state index in [-0.39, 0.29) is 6.54 Å². The summed E-state index contributed by atoms with van der Waals surface area (Å²) in [5.41, 5.74) is 0.711. The summed E-state index contributed by atoms with van der Waals surface area (Å²) in [6.45, 7) is 0.193. The fourth-order valence-corrected chi connectivity index (χ4v) is 1.92. The zero-order valence-corrected chi connectivity index (χ0v) is 11.3. The van der Waals surface area contributed by atoms with E-state index in [0.717, 1.165) is 17.7 Å². The van der Waals surface area contributed by atoms with Crippen LogP contribution in [0.1, 0.15) is 21.5 Å². The molecule has 0 aliphatic heterocycles. The summed E-state index contributed by atoms with van der Waals surface area (Å²) in [5, 5.41) is 8.71. The number of halogens is 2. The van der Waals surface area contributed by atoms with E-state index in [1.54, 1.807) is 24.3 Å². The maximum Gasteiger partial charge on any atom is 0.259 e. The SMILES string of the molecule is CN(Cc1ccc(C#N)cc1)C(=O)c1c(F)cccc1F. The van der Waals surface area contributed by atoms with Crippen molar-refractivity contribution < 1.29 is 13.6 Å². The van der Waals surface area contributed by atoms with Gasteiger partial charge in [-0.15, -0.1) is 0 Å². The van der Waals surface area contributed by atoms with Crippen LogP contribution >= 0.6 is 0 Å². The zero-order valence-electron chi connectivity index (χ0n) is 11.3. The van der Waals surface area contributed by atoms with Crippen LogP contribution in [-0.2, 0) is 6.54 Å². The number of carbonyl (C=O) groups is 1. The Hall–Kier alpha value is -2.74. The van der Waals surface area contributed by atoms with Gasteiger partial charge < -0.3 is 4.90 Å². The third kappa shape index (κ3) is 3.23. The van der Waals surface area contributed by atoms with Gasteiger partial charge in [0.25, 0.3) is 5.91 Å². The first-order valence-corrected chi connectivity index (χ1v) is 6.21. The molecule has 0 aromatic heterocycles. The van der Waals surface area contributed by atoms with Gasteiger partial charge in [0.05, 0.1) is 11.6 Å². The maximum absolute atomic E-state index is 13.6. The highest BCUT2D eigenvalue weighted by Gasteiger charge is 2.20. The lowest BCUT2D eigenvalue weighted by atomic mass is 10.1. The van der Waals surface area contributed by atoms with E-state index in [1.165, 1.54) is 18.0 Å². The van der Waals surface area contributed by atoms with Crippen molar-refractivity contribution in [3.8, 4) is 6.07 Å². The van der Waals surface area contributed by atoms with Crippen LogP contribution in [0, 0.1) is 23.0 Å². The van der Waals surface area contributed by atoms with E-state index in [0.29, 0.717) is 5.56 Å². The number of nitriles is 1. The second-order valence-corrected chi connectivity index (χ2v) is 4.57. The quantitative estimate of drug-likeness (QED) is 0.870. The van der Waals surface area contributed by atoms with Crippen molar-refractivity contribution in [3.63, 3.8) is 0 Å². The van der Waals surface area contributed by atoms with Gasteiger partial charge in [-0.25, -0.2) is 8.78 Å². The molecule has 0 bridgehead atoms. The average Bonchev–Trinajstić information content (AvgIpc) is 2.47. The predicted octanol–water partition coefficient (Wildman–Crippen LogP) is 3.11. The van der Waals surface area contributed by atoms with Crippen LogP contribution in [0.15, 0.2) is 42.5 Å². The van der Waals surface area contributed by atoms with Gasteiger partial charge in [0, 0.05) is 13.6 Å². The Morgan fingerprint density at radius 1 is 1.14 bits per heavy atom. The van der Waals surface area contributed by atoms with Gasteiger partial charge >= 0.3 is 0 Å². The number of hydrogen-bond donors (Lipinski definition) is 0. The second-order valence-electron chi connectivity index (χ2n) is 4.57. The molecule has 5 heteroatoms. The van der Waals surface area contributed by atoms with Crippen molar-refractivity contribution in [2.75, 3.05) is 7.05 Å². The van der Waals surface area contributed by atoms with Crippen LogP contribution in [0.25, 0.3) is 0 Å². The number of benzene rings is 2. The van der Waals surface area contributed by atoms with Crippen molar-refractivity contribution in [1.82, 2.24) is 4.90 Å². The minimum Gasteiger partial charge on any atom is -0.337 e. The summed E-state index contributed by atoms with van der Waals surface area (Å²) < 4.78 is 27.2. The van der Waals surface area contributed by atoms with Gasteiger partial charge in [-0.3, -0.25) is 4.79 Å². The van der Waals surface area contributed by atoms with E-state index >= 15 is 0 Å². The molecule has 0 saturated heterocycles. The fraction of sp³-hybridized carbons (Fsp3) is 0.125. The molecule has 0 unspecified atom stereocenters. The lowest BCUT2D eigenvalue weighted by Gasteiger charge is -2.18. The standard InChI is InChI=1S/C16H12F2N2O/c1-20(10-12-7-5-11(9-19)6-8-12)16(21)15-13(17)3-2-4-14(15)18/h2-8H,10H2,1H3. The third-order valence-corrected chi connectivity index (χ3v) is 3.03. The average molecular weight is 286 g/mol. The molecule has 0 saturated carbocycles. The van der Waals surface area contributed by atoms with E-state index in [4.69, 9.17) is 5.26 Å². The summed E-state index contributed by atoms with van der Waals surface area (Å²) in [7, 11) is 1.46. The first-order valence-electron chi connectivity index (χ1n) is 6.21. The predicted molar refractivity (Wildman–Crippen MR) is 73.3 cm³/mol. The normalized spacial score (nSPS) is 10.0. The molecule has 0 spiro atoms. The highest BCUT2D eigenvalue weighted by molar-refractivity contribution is 5.94. The lowest BCUT2D eigenvalue weighted by Crippen LogP contribution is -2.28. The number of carbonyl (C=O) groups excluding carboxylic acids is 1. The molecule has 0 heterocycles. The Labute approximate surface area is 121 Å². The van der Waals surface area contributed by atoms with Gasteiger partial charge in [-0.2, -0.15) is 5.26 Å². The van der Waals surface area contributed by atoms with Crippen molar-refractivity contribution >= 4 is 5.91 Å². The number of amides is 1. The van der Waals surface area contributed by atoms with Crippen molar-refractivity contribution in [1.29, 1.82) is 5.26 Å². The first kappa shape index (κ1) is 14.7. The van der Waals surface area contributed by atoms with Crippen LogP contribution in [0.5, 0.6) is 0 Å². The molecule has 0 radical (unpaired) electrons. The minimum absolute atomic E-state index is 0.193. The van der Waals surface area contributed by atoms with E-state index in [1.807, 2.05) is 6.07 Å². The summed E-state index contributed by atoms with van der Waals surface area (Å²) in [4.78, 5) is 13.3. The topological polar surface area (TPSA) is 44.1 Å². The molecule has 2 aromatic carbocycles. The second kappa shape index (κ2) is 6.14. The highest BCUT2D eigenvalue weighted by atomic mass is 19.1. The van der Waals surface area contributed by atoms with Crippen molar-refractivity contribution in [2.24, 2.45) is 0 Å². The smallest absolute Gasteiger partial charge is 0.259 e. The molecule has 2 rings (SSSR count). The molecular weight excluding hydrogens is 274 g/mol. The Kier molecular flexibility index (Phi) is 4.29. The summed E-state index contributed by atoms with van der Waals surface area (Å²) in [5.74, 6) is -2.49. The van der Waals surface area contributed by atoms with E-state index < -0.39 is 23.1 Å². The monoisotopic (exact) mass is 286 g/mol. The Morgan fingerprint density at radius 3 is 2.24 bits per heavy atom. The summed E-state index contributed by atoms with van der Waals surface area (Å²) in [6, 6.07) is 11.9. The summed E-state index contributed by atoms with van der Waals surface area (Å²) in [6.07, 6.45) is 0. The van der Waals surface area contributed by atoms with Crippen LogP contribution in [0.3, 0.4) is 0 Å². The Balaban J connectivity index is 2.18. The first-order chi connectivity index (χ1) is 10.0. The Bertz CT molecular complexity index is 685. The largest absolute Gasteiger partial charge is 0.337 e. The van der Waals surface area contributed by atoms with Crippen LogP contribution in [0.2, 0.25) is 0 Å². The molecule has 0 atom stereocenters. The van der Waals surface area contributed by atoms with Gasteiger partial charge in [-0.1, -0.05) is 18.2 Å². The van der Waals surface area contributed by atoms with Crippen LogP contribution < -0.4 is 0 Å². The molecule has 0 fully saturated rings. The maximum atomic E-state index is 13.6. The van der Waals surface area contributed by atoms with Gasteiger partial charge in [0.1, 0.15) is 17.2 Å². The molecule has 21 heavy (non-hydrogen) atoms. The fourth-order valence-electron chi connectivity index (χ4n) is 1.92. The molecule has 106 valence electrons. The number of nitrogens with zero attached hydrogens (tertiary/aromatic N) is 2. The molecule has 1 amide bonds. The minimum atomic E-state index is -0.883. The van der Waals surface area contributed by atoms with Crippen molar-refractivity contribution in [3.05, 3.63) is 70.8 Å². The molecule has 0 aliphatic carbocycles. The third-order valence-electron chi connectivity index (χ3n) is 3.03. The molecule has 0 N–H and O–H groups in total. The Morgan fingerprint density at radius 2 is 1.71 bits per heavy atom. The van der Waals surface area contributed by atoms with Gasteiger partial charge in [0.15, 0.2) is 0 Å². The van der Waals surface area contributed by atoms with Gasteiger partial charge in [0.2, 0.25) is 0 Å². The van der Waals surface area contributed by atoms with Crippen LogP contribution in [-0.4, -0.2) is 17.9 Å². The number of hydrogen-bond acceptors (Lipinski definition) is 2. The van der Waals surface area contributed by atoms with Gasteiger partial charge in [-0.05, 0) is 29.8 Å². The molecular formula is C16H12F2N2O. The lowest BCUT2D eigenvalue weighted by molar-refractivity contribution is 0.0775. The molecule has 3 nitrogen and oxygen atoms in total. The zero-order chi connectivity index (χ0) is 15.4. The summed E-state index contributed by atoms with van der Waals surface area (Å²) >= 11 is 0. The highest BCUT2D eigenvalue weighted by Crippen LogP contribution is 2.15. The molecule has 2 aromatic rings. The van der Waals surface area contributed by atoms with Crippen LogP contribution in [0.4, 0.5) is 8.78 Å². The van der Waals surface area contributed by atoms with Crippen molar-refractivity contribution in [2.45, 2.75) is 6.54 Å². The van der Waals surface area contributed by atoms with E-state index in [9.17, 15) is 13.6 Å². The van der Waals surface area contributed by atoms with E-state index in [2.05, 4.69) is 0 Å². The molecule has 0 aliphatic rings. The number of rotatable bonds is 3.